The van der Waals surface area contributed by atoms with Crippen LogP contribution in [0.1, 0.15) is 28.8 Å². The fourth-order valence-electron chi connectivity index (χ4n) is 3.15. The molecule has 1 amide bonds. The fourth-order valence-corrected chi connectivity index (χ4v) is 4.40. The Hall–Kier alpha value is -3.54. The molecule has 34 heavy (non-hydrogen) atoms. The van der Waals surface area contributed by atoms with E-state index in [1.165, 1.54) is 16.9 Å². The SMILES string of the molecule is CN1CCN(CC(=O)Nc2sc3c(c2C#N)CCCC3)CC1.O=C(O)C(=O)O.O=C(O)C(=O)O. The molecule has 2 heterocycles. The molecule has 186 valence electrons. The van der Waals surface area contributed by atoms with Gasteiger partial charge in [-0.15, -0.1) is 11.3 Å². The number of likely N-dealkylation sites (N-methyl/N-ethyl adjacent to an activating group) is 1. The first kappa shape index (κ1) is 28.5. The molecule has 0 saturated carbocycles. The minimum absolute atomic E-state index is 0.000324. The summed E-state index contributed by atoms with van der Waals surface area (Å²) in [4.78, 5) is 54.4. The standard InChI is InChI=1S/C16H22N4OS.2C2H2O4/c1-19-6-8-20(9-7-19)11-15(21)18-16-13(10-17)12-4-2-3-5-14(12)22-16;2*3-1(4)2(5)6/h2-9,11H2,1H3,(H,18,21);2*(H,3,4)(H,5,6). The Balaban J connectivity index is 0.000000401. The van der Waals surface area contributed by atoms with E-state index in [1.54, 1.807) is 11.3 Å². The number of fused-ring (bicyclic) bond motifs is 1. The van der Waals surface area contributed by atoms with Crippen LogP contribution in [0.3, 0.4) is 0 Å². The fraction of sp³-hybridized carbons (Fsp3) is 0.500. The Morgan fingerprint density at radius 3 is 1.88 bits per heavy atom. The highest BCUT2D eigenvalue weighted by Gasteiger charge is 2.23. The van der Waals surface area contributed by atoms with Gasteiger partial charge in [-0.1, -0.05) is 0 Å². The Bertz CT molecular complexity index is 914. The van der Waals surface area contributed by atoms with E-state index in [1.807, 2.05) is 0 Å². The molecule has 2 aliphatic rings. The monoisotopic (exact) mass is 498 g/mol. The number of amides is 1. The van der Waals surface area contributed by atoms with Crippen LogP contribution < -0.4 is 5.32 Å². The summed E-state index contributed by atoms with van der Waals surface area (Å²) in [6.45, 7) is 4.28. The van der Waals surface area contributed by atoms with Crippen LogP contribution >= 0.6 is 11.3 Å². The molecule has 3 rings (SSSR count). The number of hydrogen-bond acceptors (Lipinski definition) is 9. The molecular weight excluding hydrogens is 472 g/mol. The first-order valence-electron chi connectivity index (χ1n) is 10.1. The van der Waals surface area contributed by atoms with Gasteiger partial charge in [0.1, 0.15) is 11.1 Å². The van der Waals surface area contributed by atoms with E-state index in [9.17, 15) is 10.1 Å². The average Bonchev–Trinajstić information content (AvgIpc) is 3.12. The molecule has 1 aromatic heterocycles. The third-order valence-electron chi connectivity index (χ3n) is 4.87. The van der Waals surface area contributed by atoms with Crippen molar-refractivity contribution in [2.24, 2.45) is 0 Å². The maximum absolute atomic E-state index is 12.3. The van der Waals surface area contributed by atoms with Crippen LogP contribution in [0.4, 0.5) is 5.00 Å². The minimum atomic E-state index is -1.82. The van der Waals surface area contributed by atoms with Crippen LogP contribution in [0.5, 0.6) is 0 Å². The zero-order valence-corrected chi connectivity index (χ0v) is 19.3. The lowest BCUT2D eigenvalue weighted by atomic mass is 9.96. The van der Waals surface area contributed by atoms with Crippen molar-refractivity contribution >= 4 is 46.1 Å². The zero-order valence-electron chi connectivity index (χ0n) is 18.4. The minimum Gasteiger partial charge on any atom is -0.473 e. The van der Waals surface area contributed by atoms with E-state index in [0.29, 0.717) is 12.1 Å². The first-order valence-corrected chi connectivity index (χ1v) is 11.0. The molecule has 0 aromatic carbocycles. The molecule has 1 aliphatic carbocycles. The van der Waals surface area contributed by atoms with E-state index < -0.39 is 23.9 Å². The molecule has 0 spiro atoms. The average molecular weight is 499 g/mol. The largest absolute Gasteiger partial charge is 0.473 e. The Morgan fingerprint density at radius 1 is 0.912 bits per heavy atom. The Kier molecular flexibility index (Phi) is 11.6. The number of anilines is 1. The van der Waals surface area contributed by atoms with Crippen molar-refractivity contribution in [1.29, 1.82) is 5.26 Å². The zero-order chi connectivity index (χ0) is 25.8. The van der Waals surface area contributed by atoms with Gasteiger partial charge in [-0.3, -0.25) is 9.69 Å². The number of nitriles is 1. The quantitative estimate of drug-likeness (QED) is 0.349. The number of carboxylic acid groups (broad SMARTS) is 4. The summed E-state index contributed by atoms with van der Waals surface area (Å²) < 4.78 is 0. The number of carbonyl (C=O) groups excluding carboxylic acids is 1. The molecule has 1 aromatic rings. The second-order valence-corrected chi connectivity index (χ2v) is 8.48. The molecule has 5 N–H and O–H groups in total. The summed E-state index contributed by atoms with van der Waals surface area (Å²) in [6.07, 6.45) is 4.35. The van der Waals surface area contributed by atoms with Crippen LogP contribution in [0.25, 0.3) is 0 Å². The number of rotatable bonds is 3. The molecule has 0 radical (unpaired) electrons. The lowest BCUT2D eigenvalue weighted by molar-refractivity contribution is -0.159. The van der Waals surface area contributed by atoms with Crippen LogP contribution in [-0.4, -0.2) is 99.8 Å². The van der Waals surface area contributed by atoms with E-state index in [-0.39, 0.29) is 5.91 Å². The van der Waals surface area contributed by atoms with Crippen molar-refractivity contribution in [3.05, 3.63) is 16.0 Å². The number of thiophene rings is 1. The molecule has 0 bridgehead atoms. The van der Waals surface area contributed by atoms with E-state index in [0.717, 1.165) is 50.4 Å². The molecule has 1 fully saturated rings. The molecule has 0 atom stereocenters. The van der Waals surface area contributed by atoms with Crippen molar-refractivity contribution in [3.8, 4) is 6.07 Å². The third-order valence-corrected chi connectivity index (χ3v) is 6.07. The van der Waals surface area contributed by atoms with E-state index in [4.69, 9.17) is 39.6 Å². The van der Waals surface area contributed by atoms with Crippen molar-refractivity contribution in [3.63, 3.8) is 0 Å². The topological polar surface area (TPSA) is 209 Å². The van der Waals surface area contributed by atoms with Gasteiger partial charge in [0.2, 0.25) is 5.91 Å². The number of aliphatic carboxylic acids is 4. The summed E-state index contributed by atoms with van der Waals surface area (Å²) in [6, 6.07) is 2.29. The predicted molar refractivity (Wildman–Crippen MR) is 119 cm³/mol. The van der Waals surface area contributed by atoms with Crippen molar-refractivity contribution in [1.82, 2.24) is 9.80 Å². The molecule has 1 aliphatic heterocycles. The van der Waals surface area contributed by atoms with Crippen LogP contribution in [0.2, 0.25) is 0 Å². The molecular formula is C20H26N4O9S. The number of aryl methyl sites for hydroxylation is 1. The van der Waals surface area contributed by atoms with Crippen LogP contribution in [0, 0.1) is 11.3 Å². The smallest absolute Gasteiger partial charge is 0.414 e. The van der Waals surface area contributed by atoms with Crippen molar-refractivity contribution < 1.29 is 44.4 Å². The summed E-state index contributed by atoms with van der Waals surface area (Å²) in [7, 11) is 2.10. The van der Waals surface area contributed by atoms with Gasteiger partial charge in [-0.05, 0) is 38.3 Å². The molecule has 14 heteroatoms. The van der Waals surface area contributed by atoms with E-state index >= 15 is 0 Å². The number of hydrogen-bond donors (Lipinski definition) is 5. The summed E-state index contributed by atoms with van der Waals surface area (Å²) >= 11 is 1.60. The summed E-state index contributed by atoms with van der Waals surface area (Å²) in [5, 5.41) is 42.7. The third kappa shape index (κ3) is 9.53. The highest BCUT2D eigenvalue weighted by atomic mass is 32.1. The maximum atomic E-state index is 12.3. The van der Waals surface area contributed by atoms with Gasteiger partial charge in [-0.25, -0.2) is 19.2 Å². The van der Waals surface area contributed by atoms with Gasteiger partial charge in [0.25, 0.3) is 0 Å². The Labute approximate surface area is 198 Å². The van der Waals surface area contributed by atoms with Gasteiger partial charge in [0, 0.05) is 31.1 Å². The number of nitrogens with one attached hydrogen (secondary N) is 1. The number of piperazine rings is 1. The number of carboxylic acids is 4. The summed E-state index contributed by atoms with van der Waals surface area (Å²) in [5.74, 6) is -7.30. The maximum Gasteiger partial charge on any atom is 0.414 e. The number of carbonyl (C=O) groups is 5. The normalized spacial score (nSPS) is 15.2. The van der Waals surface area contributed by atoms with Gasteiger partial charge in [0.05, 0.1) is 12.1 Å². The predicted octanol–water partition coefficient (Wildman–Crippen LogP) is -0.00432. The van der Waals surface area contributed by atoms with Crippen LogP contribution in [-0.2, 0) is 36.8 Å². The number of nitrogens with zero attached hydrogens (tertiary/aromatic N) is 3. The molecule has 13 nitrogen and oxygen atoms in total. The second-order valence-electron chi connectivity index (χ2n) is 7.38. The first-order chi connectivity index (χ1) is 16.0. The Morgan fingerprint density at radius 2 is 1.41 bits per heavy atom. The van der Waals surface area contributed by atoms with Gasteiger partial charge >= 0.3 is 23.9 Å². The lowest BCUT2D eigenvalue weighted by Gasteiger charge is -2.31. The van der Waals surface area contributed by atoms with Gasteiger partial charge < -0.3 is 30.6 Å². The highest BCUT2D eigenvalue weighted by molar-refractivity contribution is 7.16. The van der Waals surface area contributed by atoms with Crippen molar-refractivity contribution in [2.75, 3.05) is 45.1 Å². The molecule has 1 saturated heterocycles. The molecule has 0 unspecified atom stereocenters. The van der Waals surface area contributed by atoms with Gasteiger partial charge in [0.15, 0.2) is 0 Å². The van der Waals surface area contributed by atoms with Gasteiger partial charge in [-0.2, -0.15) is 5.26 Å². The van der Waals surface area contributed by atoms with Crippen LogP contribution in [0.15, 0.2) is 0 Å². The summed E-state index contributed by atoms with van der Waals surface area (Å²) in [5.41, 5.74) is 1.88. The van der Waals surface area contributed by atoms with Crippen molar-refractivity contribution in [2.45, 2.75) is 25.7 Å². The van der Waals surface area contributed by atoms with E-state index in [2.05, 4.69) is 28.2 Å². The lowest BCUT2D eigenvalue weighted by Crippen LogP contribution is -2.47. The highest BCUT2D eigenvalue weighted by Crippen LogP contribution is 2.37. The second kappa shape index (κ2) is 13.9.